The van der Waals surface area contributed by atoms with Gasteiger partial charge in [-0.3, -0.25) is 4.79 Å². The van der Waals surface area contributed by atoms with Gasteiger partial charge in [0.15, 0.2) is 9.84 Å². The van der Waals surface area contributed by atoms with Gasteiger partial charge in [0.25, 0.3) is 0 Å². The van der Waals surface area contributed by atoms with Crippen molar-refractivity contribution in [1.82, 2.24) is 4.57 Å². The molecule has 148 valence electrons. The number of fused-ring (bicyclic) bond motifs is 1. The number of nitrogens with zero attached hydrogens (tertiary/aromatic N) is 1. The lowest BCUT2D eigenvalue weighted by atomic mass is 9.98. The highest BCUT2D eigenvalue weighted by Gasteiger charge is 2.44. The van der Waals surface area contributed by atoms with Crippen LogP contribution in [0.4, 0.5) is 13.2 Å². The van der Waals surface area contributed by atoms with Gasteiger partial charge in [-0.25, -0.2) is 8.42 Å². The first-order valence-corrected chi connectivity index (χ1v) is 10.2. The average Bonchev–Trinajstić information content (AvgIpc) is 2.96. The molecule has 0 spiro atoms. The highest BCUT2D eigenvalue weighted by atomic mass is 32.2. The maximum absolute atomic E-state index is 13.7. The monoisotopic (exact) mass is 409 g/mol. The van der Waals surface area contributed by atoms with Crippen molar-refractivity contribution in [3.63, 3.8) is 0 Å². The molecule has 0 amide bonds. The summed E-state index contributed by atoms with van der Waals surface area (Å²) in [6, 6.07) is 15.4. The average molecular weight is 409 g/mol. The van der Waals surface area contributed by atoms with Gasteiger partial charge in [0, 0.05) is 24.7 Å². The Bertz CT molecular complexity index is 1100. The van der Waals surface area contributed by atoms with E-state index in [0.29, 0.717) is 10.9 Å². The molecule has 1 atom stereocenters. The summed E-state index contributed by atoms with van der Waals surface area (Å²) in [5.74, 6) is -4.02. The van der Waals surface area contributed by atoms with Crippen LogP contribution in [0.2, 0.25) is 0 Å². The number of alkyl halides is 3. The van der Waals surface area contributed by atoms with E-state index in [1.807, 2.05) is 0 Å². The Balaban J connectivity index is 1.89. The summed E-state index contributed by atoms with van der Waals surface area (Å²) in [5, 5.41) is 0.624. The van der Waals surface area contributed by atoms with E-state index in [1.54, 1.807) is 30.3 Å². The molecule has 4 nitrogen and oxygen atoms in total. The predicted molar refractivity (Wildman–Crippen MR) is 99.8 cm³/mol. The molecule has 1 aromatic heterocycles. The molecule has 0 aliphatic rings. The van der Waals surface area contributed by atoms with Crippen LogP contribution in [0.1, 0.15) is 18.0 Å². The van der Waals surface area contributed by atoms with Crippen molar-refractivity contribution in [2.75, 3.05) is 5.75 Å². The Morgan fingerprint density at radius 3 is 2.25 bits per heavy atom. The molecular formula is C20H18F3NO3S. The summed E-state index contributed by atoms with van der Waals surface area (Å²) in [6.45, 7) is 0. The van der Waals surface area contributed by atoms with E-state index in [9.17, 15) is 26.4 Å². The molecule has 3 rings (SSSR count). The number of rotatable bonds is 6. The van der Waals surface area contributed by atoms with E-state index >= 15 is 0 Å². The minimum Gasteiger partial charge on any atom is -0.347 e. The number of benzene rings is 2. The summed E-state index contributed by atoms with van der Waals surface area (Å²) >= 11 is 0. The first-order valence-electron chi connectivity index (χ1n) is 8.50. The summed E-state index contributed by atoms with van der Waals surface area (Å²) in [7, 11) is -2.49. The van der Waals surface area contributed by atoms with Gasteiger partial charge in [0.1, 0.15) is 17.5 Å². The molecule has 0 fully saturated rings. The largest absolute Gasteiger partial charge is 0.397 e. The fraction of sp³-hybridized carbons (Fsp3) is 0.250. The Labute approximate surface area is 160 Å². The summed E-state index contributed by atoms with van der Waals surface area (Å²) in [4.78, 5) is 12.2. The number of carbonyl (C=O) groups is 1. The fourth-order valence-corrected chi connectivity index (χ4v) is 4.52. The zero-order valence-corrected chi connectivity index (χ0v) is 15.8. The van der Waals surface area contributed by atoms with E-state index in [-0.39, 0.29) is 10.6 Å². The number of sulfone groups is 1. The van der Waals surface area contributed by atoms with Crippen LogP contribution < -0.4 is 0 Å². The zero-order chi connectivity index (χ0) is 20.5. The van der Waals surface area contributed by atoms with Gasteiger partial charge >= 0.3 is 6.18 Å². The van der Waals surface area contributed by atoms with Crippen LogP contribution >= 0.6 is 0 Å². The second-order valence-electron chi connectivity index (χ2n) is 6.60. The smallest absolute Gasteiger partial charge is 0.347 e. The second kappa shape index (κ2) is 7.43. The van der Waals surface area contributed by atoms with Crippen molar-refractivity contribution in [3.8, 4) is 0 Å². The summed E-state index contributed by atoms with van der Waals surface area (Å²) in [5.41, 5.74) is 0.537. The third-order valence-corrected chi connectivity index (χ3v) is 6.32. The van der Waals surface area contributed by atoms with Crippen LogP contribution in [0.5, 0.6) is 0 Å². The van der Waals surface area contributed by atoms with Crippen molar-refractivity contribution in [1.29, 1.82) is 0 Å². The quantitative estimate of drug-likeness (QED) is 0.611. The Morgan fingerprint density at radius 2 is 1.64 bits per heavy atom. The number of hydrogen-bond donors (Lipinski definition) is 0. The number of Topliss-reactive ketones (excluding diaryl/α,β-unsaturated/α-hetero) is 1. The predicted octanol–water partition coefficient (Wildman–Crippen LogP) is 4.26. The van der Waals surface area contributed by atoms with Crippen LogP contribution in [0.25, 0.3) is 10.9 Å². The highest BCUT2D eigenvalue weighted by Crippen LogP contribution is 2.39. The van der Waals surface area contributed by atoms with Crippen molar-refractivity contribution < 1.29 is 26.4 Å². The lowest BCUT2D eigenvalue weighted by Gasteiger charge is -2.21. The fourth-order valence-electron chi connectivity index (χ4n) is 3.24. The van der Waals surface area contributed by atoms with Crippen LogP contribution in [0.3, 0.4) is 0 Å². The van der Waals surface area contributed by atoms with Crippen LogP contribution in [-0.4, -0.2) is 30.7 Å². The van der Waals surface area contributed by atoms with E-state index in [1.165, 1.54) is 41.9 Å². The summed E-state index contributed by atoms with van der Waals surface area (Å²) in [6.07, 6.45) is -5.62. The van der Waals surface area contributed by atoms with Gasteiger partial charge < -0.3 is 4.57 Å². The Hall–Kier alpha value is -2.61. The summed E-state index contributed by atoms with van der Waals surface area (Å²) < 4.78 is 67.2. The number of aromatic nitrogens is 1. The molecule has 28 heavy (non-hydrogen) atoms. The first kappa shape index (κ1) is 20.1. The standard InChI is InChI=1S/C20H18F3NO3S/c1-24-18-10-6-5-7-14(18)11-19(24)17(20(21,22)23)12-15(25)13-28(26,27)16-8-3-2-4-9-16/h2-11,17H,12-13H2,1H3/t17-/m0/s1. The van der Waals surface area contributed by atoms with Gasteiger partial charge in [0.2, 0.25) is 0 Å². The van der Waals surface area contributed by atoms with Crippen molar-refractivity contribution in [2.24, 2.45) is 7.05 Å². The van der Waals surface area contributed by atoms with Gasteiger partial charge in [-0.2, -0.15) is 13.2 Å². The number of halogens is 3. The molecule has 0 aliphatic carbocycles. The van der Waals surface area contributed by atoms with Crippen molar-refractivity contribution >= 4 is 26.5 Å². The molecule has 0 bridgehead atoms. The van der Waals surface area contributed by atoms with Crippen LogP contribution in [-0.2, 0) is 21.7 Å². The van der Waals surface area contributed by atoms with Crippen LogP contribution in [0.15, 0.2) is 65.6 Å². The lowest BCUT2D eigenvalue weighted by molar-refractivity contribution is -0.157. The maximum Gasteiger partial charge on any atom is 0.397 e. The number of hydrogen-bond acceptors (Lipinski definition) is 3. The molecule has 0 unspecified atom stereocenters. The van der Waals surface area contributed by atoms with Gasteiger partial charge in [0.05, 0.1) is 4.90 Å². The topological polar surface area (TPSA) is 56.1 Å². The molecule has 1 heterocycles. The van der Waals surface area contributed by atoms with E-state index in [0.717, 1.165) is 0 Å². The molecule has 0 saturated carbocycles. The van der Waals surface area contributed by atoms with E-state index in [2.05, 4.69) is 0 Å². The molecule has 2 aromatic carbocycles. The van der Waals surface area contributed by atoms with E-state index in [4.69, 9.17) is 0 Å². The highest BCUT2D eigenvalue weighted by molar-refractivity contribution is 7.92. The second-order valence-corrected chi connectivity index (χ2v) is 8.59. The third-order valence-electron chi connectivity index (χ3n) is 4.63. The Kier molecular flexibility index (Phi) is 5.34. The van der Waals surface area contributed by atoms with Crippen LogP contribution in [0, 0.1) is 0 Å². The number of para-hydroxylation sites is 1. The normalized spacial score (nSPS) is 13.6. The number of ketones is 1. The molecule has 0 aliphatic heterocycles. The third kappa shape index (κ3) is 4.11. The number of aryl methyl sites for hydroxylation is 1. The van der Waals surface area contributed by atoms with Gasteiger partial charge in [-0.1, -0.05) is 36.4 Å². The maximum atomic E-state index is 13.7. The lowest BCUT2D eigenvalue weighted by Crippen LogP contribution is -2.28. The minimum absolute atomic E-state index is 0.0702. The van der Waals surface area contributed by atoms with Gasteiger partial charge in [-0.15, -0.1) is 0 Å². The minimum atomic E-state index is -4.69. The SMILES string of the molecule is Cn1c([C@H](CC(=O)CS(=O)(=O)c2ccccc2)C(F)(F)F)cc2ccccc21. The molecule has 0 N–H and O–H groups in total. The van der Waals surface area contributed by atoms with E-state index < -0.39 is 39.9 Å². The van der Waals surface area contributed by atoms with Gasteiger partial charge in [-0.05, 0) is 29.7 Å². The Morgan fingerprint density at radius 1 is 1.04 bits per heavy atom. The zero-order valence-electron chi connectivity index (χ0n) is 15.0. The molecule has 0 radical (unpaired) electrons. The molecule has 8 heteroatoms. The molecular weight excluding hydrogens is 391 g/mol. The number of carbonyl (C=O) groups excluding carboxylic acids is 1. The van der Waals surface area contributed by atoms with Crippen molar-refractivity contribution in [3.05, 3.63) is 66.4 Å². The molecule has 0 saturated heterocycles. The molecule has 3 aromatic rings. The van der Waals surface area contributed by atoms with Crippen molar-refractivity contribution in [2.45, 2.75) is 23.4 Å². The first-order chi connectivity index (χ1) is 13.1.